The van der Waals surface area contributed by atoms with E-state index >= 15 is 0 Å². The Labute approximate surface area is 122 Å². The fourth-order valence-corrected chi connectivity index (χ4v) is 2.93. The summed E-state index contributed by atoms with van der Waals surface area (Å²) in [7, 11) is 0. The smallest absolute Gasteiger partial charge is 0.317 e. The second kappa shape index (κ2) is 5.78. The molecule has 0 saturated carbocycles. The van der Waals surface area contributed by atoms with Gasteiger partial charge < -0.3 is 15.0 Å². The number of ether oxygens (including phenoxy) is 1. The molecule has 0 spiro atoms. The second-order valence-corrected chi connectivity index (χ2v) is 5.97. The Morgan fingerprint density at radius 1 is 1.60 bits per heavy atom. The van der Waals surface area contributed by atoms with Crippen molar-refractivity contribution in [3.8, 4) is 0 Å². The van der Waals surface area contributed by atoms with Gasteiger partial charge in [-0.1, -0.05) is 0 Å². The minimum Gasteiger partial charge on any atom is -0.465 e. The molecule has 0 atom stereocenters. The number of carbonyl (C=O) groups is 2. The monoisotopic (exact) mass is 297 g/mol. The minimum atomic E-state index is -0.775. The van der Waals surface area contributed by atoms with E-state index in [0.717, 1.165) is 11.7 Å². The molecule has 2 heterocycles. The Morgan fingerprint density at radius 2 is 2.35 bits per heavy atom. The summed E-state index contributed by atoms with van der Waals surface area (Å²) in [6, 6.07) is 0. The van der Waals surface area contributed by atoms with Gasteiger partial charge in [0, 0.05) is 18.5 Å². The van der Waals surface area contributed by atoms with Gasteiger partial charge in [-0.3, -0.25) is 9.59 Å². The fraction of sp³-hybridized carbons (Fsp3) is 0.615. The third-order valence-corrected chi connectivity index (χ3v) is 4.13. The largest absolute Gasteiger partial charge is 0.465 e. The lowest BCUT2D eigenvalue weighted by Crippen LogP contribution is -2.47. The summed E-state index contributed by atoms with van der Waals surface area (Å²) in [5.74, 6) is -0.286. The Balaban J connectivity index is 2.15. The van der Waals surface area contributed by atoms with Crippen molar-refractivity contribution in [2.45, 2.75) is 26.2 Å². The quantitative estimate of drug-likeness (QED) is 0.837. The topological polar surface area (TPSA) is 71.5 Å². The first kappa shape index (κ1) is 14.8. The first-order valence-corrected chi connectivity index (χ1v) is 7.48. The summed E-state index contributed by atoms with van der Waals surface area (Å²) in [6.07, 6.45) is 0. The SMILES string of the molecule is CCOC(=O)C(C)(C)c1csc(N2CCNC(=O)C2)n1. The zero-order chi connectivity index (χ0) is 14.8. The summed E-state index contributed by atoms with van der Waals surface area (Å²) in [5.41, 5.74) is -0.0927. The van der Waals surface area contributed by atoms with Crippen LogP contribution in [0.25, 0.3) is 0 Å². The Kier molecular flexibility index (Phi) is 4.27. The normalized spacial score (nSPS) is 15.9. The molecule has 1 aliphatic heterocycles. The molecule has 110 valence electrons. The number of nitrogens with one attached hydrogen (secondary N) is 1. The van der Waals surface area contributed by atoms with Crippen LogP contribution in [-0.4, -0.2) is 43.1 Å². The van der Waals surface area contributed by atoms with Gasteiger partial charge >= 0.3 is 5.97 Å². The Hall–Kier alpha value is -1.63. The van der Waals surface area contributed by atoms with Crippen LogP contribution >= 0.6 is 11.3 Å². The van der Waals surface area contributed by atoms with Crippen molar-refractivity contribution in [3.05, 3.63) is 11.1 Å². The van der Waals surface area contributed by atoms with Crippen molar-refractivity contribution < 1.29 is 14.3 Å². The fourth-order valence-electron chi connectivity index (χ4n) is 1.91. The summed E-state index contributed by atoms with van der Waals surface area (Å²) in [4.78, 5) is 29.8. The van der Waals surface area contributed by atoms with Crippen LogP contribution in [0.2, 0.25) is 0 Å². The highest BCUT2D eigenvalue weighted by atomic mass is 32.1. The van der Waals surface area contributed by atoms with Crippen LogP contribution in [0.4, 0.5) is 5.13 Å². The van der Waals surface area contributed by atoms with Gasteiger partial charge in [0.15, 0.2) is 5.13 Å². The van der Waals surface area contributed by atoms with Gasteiger partial charge in [0.2, 0.25) is 5.91 Å². The van der Waals surface area contributed by atoms with Crippen LogP contribution in [0.15, 0.2) is 5.38 Å². The number of amides is 1. The molecule has 20 heavy (non-hydrogen) atoms. The number of carbonyl (C=O) groups excluding carboxylic acids is 2. The zero-order valence-corrected chi connectivity index (χ0v) is 12.7. The van der Waals surface area contributed by atoms with Crippen molar-refractivity contribution in [1.82, 2.24) is 10.3 Å². The van der Waals surface area contributed by atoms with Gasteiger partial charge in [-0.05, 0) is 20.8 Å². The summed E-state index contributed by atoms with van der Waals surface area (Å²) >= 11 is 1.45. The van der Waals surface area contributed by atoms with E-state index in [4.69, 9.17) is 4.74 Å². The standard InChI is InChI=1S/C13H19N3O3S/c1-4-19-11(18)13(2,3)9-8-20-12(15-9)16-6-5-14-10(17)7-16/h8H,4-7H2,1-3H3,(H,14,17). The van der Waals surface area contributed by atoms with Gasteiger partial charge in [0.25, 0.3) is 0 Å². The van der Waals surface area contributed by atoms with E-state index in [0.29, 0.717) is 25.4 Å². The van der Waals surface area contributed by atoms with Crippen LogP contribution in [0, 0.1) is 0 Å². The van der Waals surface area contributed by atoms with E-state index in [9.17, 15) is 9.59 Å². The highest BCUT2D eigenvalue weighted by Crippen LogP contribution is 2.30. The number of esters is 1. The van der Waals surface area contributed by atoms with E-state index in [2.05, 4.69) is 10.3 Å². The number of anilines is 1. The van der Waals surface area contributed by atoms with E-state index in [-0.39, 0.29) is 11.9 Å². The molecule has 0 unspecified atom stereocenters. The second-order valence-electron chi connectivity index (χ2n) is 5.13. The molecule has 1 aliphatic rings. The van der Waals surface area contributed by atoms with Crippen LogP contribution in [0.3, 0.4) is 0 Å². The molecule has 0 aromatic carbocycles. The van der Waals surface area contributed by atoms with Gasteiger partial charge in [-0.25, -0.2) is 4.98 Å². The molecule has 1 saturated heterocycles. The van der Waals surface area contributed by atoms with Crippen molar-refractivity contribution >= 4 is 28.3 Å². The average Bonchev–Trinajstić information content (AvgIpc) is 2.89. The lowest BCUT2D eigenvalue weighted by molar-refractivity contribution is -0.148. The Morgan fingerprint density at radius 3 is 3.00 bits per heavy atom. The molecule has 1 aromatic rings. The molecule has 1 amide bonds. The average molecular weight is 297 g/mol. The van der Waals surface area contributed by atoms with E-state index in [1.807, 2.05) is 10.3 Å². The highest BCUT2D eigenvalue weighted by molar-refractivity contribution is 7.13. The lowest BCUT2D eigenvalue weighted by atomic mass is 9.90. The van der Waals surface area contributed by atoms with Gasteiger partial charge in [0.05, 0.1) is 18.8 Å². The summed E-state index contributed by atoms with van der Waals surface area (Å²) in [6.45, 7) is 7.40. The number of hydrogen-bond acceptors (Lipinski definition) is 6. The molecule has 1 N–H and O–H groups in total. The van der Waals surface area contributed by atoms with Crippen molar-refractivity contribution in [1.29, 1.82) is 0 Å². The number of nitrogens with zero attached hydrogens (tertiary/aromatic N) is 2. The summed E-state index contributed by atoms with van der Waals surface area (Å²) in [5, 5.41) is 5.41. The van der Waals surface area contributed by atoms with Crippen LogP contribution < -0.4 is 10.2 Å². The number of aromatic nitrogens is 1. The number of thiazole rings is 1. The molecular weight excluding hydrogens is 278 g/mol. The van der Waals surface area contributed by atoms with Crippen molar-refractivity contribution in [3.63, 3.8) is 0 Å². The Bertz CT molecular complexity index is 513. The maximum atomic E-state index is 12.0. The van der Waals surface area contributed by atoms with Crippen molar-refractivity contribution in [2.24, 2.45) is 0 Å². The first-order valence-electron chi connectivity index (χ1n) is 6.60. The zero-order valence-electron chi connectivity index (χ0n) is 11.9. The molecule has 6 nitrogen and oxygen atoms in total. The van der Waals surface area contributed by atoms with Gasteiger partial charge in [-0.15, -0.1) is 11.3 Å². The van der Waals surface area contributed by atoms with Crippen LogP contribution in [-0.2, 0) is 19.7 Å². The maximum Gasteiger partial charge on any atom is 0.317 e. The first-order chi connectivity index (χ1) is 9.45. The van der Waals surface area contributed by atoms with Gasteiger partial charge in [-0.2, -0.15) is 0 Å². The molecule has 0 aliphatic carbocycles. The third kappa shape index (κ3) is 2.92. The number of rotatable bonds is 4. The number of hydrogen-bond donors (Lipinski definition) is 1. The minimum absolute atomic E-state index is 0.00217. The maximum absolute atomic E-state index is 12.0. The summed E-state index contributed by atoms with van der Waals surface area (Å²) < 4.78 is 5.08. The predicted molar refractivity (Wildman–Crippen MR) is 77.0 cm³/mol. The molecule has 2 rings (SSSR count). The third-order valence-electron chi connectivity index (χ3n) is 3.23. The molecule has 1 fully saturated rings. The molecular formula is C13H19N3O3S. The van der Waals surface area contributed by atoms with E-state index in [1.165, 1.54) is 11.3 Å². The van der Waals surface area contributed by atoms with Crippen molar-refractivity contribution in [2.75, 3.05) is 31.1 Å². The molecule has 0 radical (unpaired) electrons. The molecule has 1 aromatic heterocycles. The predicted octanol–water partition coefficient (Wildman–Crippen LogP) is 0.920. The van der Waals surface area contributed by atoms with E-state index in [1.54, 1.807) is 20.8 Å². The van der Waals surface area contributed by atoms with E-state index < -0.39 is 5.41 Å². The molecule has 7 heteroatoms. The van der Waals surface area contributed by atoms with Crippen LogP contribution in [0.1, 0.15) is 26.5 Å². The highest BCUT2D eigenvalue weighted by Gasteiger charge is 2.34. The number of piperazine rings is 1. The van der Waals surface area contributed by atoms with Crippen LogP contribution in [0.5, 0.6) is 0 Å². The van der Waals surface area contributed by atoms with Gasteiger partial charge in [0.1, 0.15) is 5.41 Å². The molecule has 0 bridgehead atoms. The lowest BCUT2D eigenvalue weighted by Gasteiger charge is -2.26.